The van der Waals surface area contributed by atoms with E-state index in [0.29, 0.717) is 17.5 Å². The summed E-state index contributed by atoms with van der Waals surface area (Å²) in [4.78, 5) is 15.5. The standard InChI is InChI=1S/C55H36N4/c1-4-16-37(17-5-1)44-33-45(38-18-6-2-7-19-38)35-46(34-44)47-31-30-43(36-52(47)59-50-26-14-12-24-48(50)49-25-13-15-27-51(49)59)55-57-53(40-21-8-3-9-22-40)56-54(58-55)42-29-28-39-20-10-11-23-41(39)32-42/h1-36H. The van der Waals surface area contributed by atoms with E-state index >= 15 is 0 Å². The molecule has 0 aliphatic rings. The Labute approximate surface area is 342 Å². The average molecular weight is 753 g/mol. The molecule has 0 spiro atoms. The highest BCUT2D eigenvalue weighted by Gasteiger charge is 2.20. The quantitative estimate of drug-likeness (QED) is 0.163. The van der Waals surface area contributed by atoms with Crippen LogP contribution in [0.3, 0.4) is 0 Å². The van der Waals surface area contributed by atoms with Gasteiger partial charge in [0.2, 0.25) is 0 Å². The molecule has 4 nitrogen and oxygen atoms in total. The van der Waals surface area contributed by atoms with Crippen LogP contribution in [0.15, 0.2) is 218 Å². The summed E-state index contributed by atoms with van der Waals surface area (Å²) in [6.07, 6.45) is 0. The molecule has 59 heavy (non-hydrogen) atoms. The van der Waals surface area contributed by atoms with E-state index in [1.54, 1.807) is 0 Å². The first-order valence-electron chi connectivity index (χ1n) is 19.9. The molecule has 0 saturated heterocycles. The van der Waals surface area contributed by atoms with Crippen LogP contribution in [0.5, 0.6) is 0 Å². The van der Waals surface area contributed by atoms with Crippen LogP contribution in [0.1, 0.15) is 0 Å². The molecule has 0 fully saturated rings. The van der Waals surface area contributed by atoms with E-state index in [9.17, 15) is 0 Å². The first kappa shape index (κ1) is 34.3. The molecule has 0 N–H and O–H groups in total. The number of benzene rings is 9. The zero-order valence-electron chi connectivity index (χ0n) is 32.1. The summed E-state index contributed by atoms with van der Waals surface area (Å²) in [5.41, 5.74) is 12.9. The van der Waals surface area contributed by atoms with E-state index in [1.165, 1.54) is 27.3 Å². The van der Waals surface area contributed by atoms with Gasteiger partial charge in [0, 0.05) is 33.0 Å². The monoisotopic (exact) mass is 752 g/mol. The largest absolute Gasteiger partial charge is 0.309 e. The van der Waals surface area contributed by atoms with Crippen LogP contribution in [0.25, 0.3) is 106 Å². The van der Waals surface area contributed by atoms with Crippen molar-refractivity contribution in [2.75, 3.05) is 0 Å². The Kier molecular flexibility index (Phi) is 8.45. The van der Waals surface area contributed by atoms with Gasteiger partial charge in [0.1, 0.15) is 0 Å². The van der Waals surface area contributed by atoms with Crippen LogP contribution in [0, 0.1) is 0 Å². The highest BCUT2D eigenvalue weighted by atomic mass is 15.0. The minimum absolute atomic E-state index is 0.610. The summed E-state index contributed by atoms with van der Waals surface area (Å²) < 4.78 is 2.41. The molecule has 0 aliphatic heterocycles. The molecule has 0 aliphatic carbocycles. The predicted octanol–water partition coefficient (Wildman–Crippen LogP) is 14.1. The lowest BCUT2D eigenvalue weighted by Crippen LogP contribution is -2.02. The Morgan fingerprint density at radius 1 is 0.271 bits per heavy atom. The molecule has 9 aromatic carbocycles. The lowest BCUT2D eigenvalue weighted by Gasteiger charge is -2.18. The Morgan fingerprint density at radius 3 is 1.31 bits per heavy atom. The molecule has 0 bridgehead atoms. The predicted molar refractivity (Wildman–Crippen MR) is 244 cm³/mol. The Balaban J connectivity index is 1.18. The maximum atomic E-state index is 5.23. The SMILES string of the molecule is c1ccc(-c2cc(-c3ccccc3)cc(-c3ccc(-c4nc(-c5ccccc5)nc(-c5ccc6ccccc6c5)n4)cc3-n3c4ccccc4c4ccccc43)c2)cc1. The summed E-state index contributed by atoms with van der Waals surface area (Å²) in [6, 6.07) is 77.2. The number of nitrogens with zero attached hydrogens (tertiary/aromatic N) is 4. The summed E-state index contributed by atoms with van der Waals surface area (Å²) in [7, 11) is 0. The minimum atomic E-state index is 0.610. The summed E-state index contributed by atoms with van der Waals surface area (Å²) in [5, 5.41) is 4.71. The molecule has 0 unspecified atom stereocenters. The molecule has 4 heteroatoms. The van der Waals surface area contributed by atoms with Crippen molar-refractivity contribution < 1.29 is 0 Å². The molecule has 0 radical (unpaired) electrons. The van der Waals surface area contributed by atoms with Crippen molar-refractivity contribution in [2.45, 2.75) is 0 Å². The van der Waals surface area contributed by atoms with Gasteiger partial charge in [-0.1, -0.05) is 176 Å². The molecule has 0 amide bonds. The molecule has 11 aromatic rings. The maximum Gasteiger partial charge on any atom is 0.164 e. The Hall–Kier alpha value is -7.95. The van der Waals surface area contributed by atoms with Gasteiger partial charge in [-0.25, -0.2) is 15.0 Å². The molecular weight excluding hydrogens is 717 g/mol. The normalized spacial score (nSPS) is 11.4. The average Bonchev–Trinajstić information content (AvgIpc) is 3.66. The van der Waals surface area contributed by atoms with Crippen molar-refractivity contribution in [3.63, 3.8) is 0 Å². The number of rotatable bonds is 7. The second-order valence-corrected chi connectivity index (χ2v) is 14.9. The van der Waals surface area contributed by atoms with Crippen molar-refractivity contribution in [2.24, 2.45) is 0 Å². The highest BCUT2D eigenvalue weighted by molar-refractivity contribution is 6.10. The van der Waals surface area contributed by atoms with Crippen LogP contribution in [-0.2, 0) is 0 Å². The third-order valence-corrected chi connectivity index (χ3v) is 11.2. The van der Waals surface area contributed by atoms with Crippen LogP contribution in [0.2, 0.25) is 0 Å². The number of fused-ring (bicyclic) bond motifs is 4. The number of hydrogen-bond acceptors (Lipinski definition) is 3. The summed E-state index contributed by atoms with van der Waals surface area (Å²) in [5.74, 6) is 1.87. The van der Waals surface area contributed by atoms with Crippen LogP contribution in [-0.4, -0.2) is 19.5 Å². The van der Waals surface area contributed by atoms with E-state index < -0.39 is 0 Å². The third kappa shape index (κ3) is 6.34. The molecule has 11 rings (SSSR count). The van der Waals surface area contributed by atoms with Crippen LogP contribution >= 0.6 is 0 Å². The lowest BCUT2D eigenvalue weighted by atomic mass is 9.92. The van der Waals surface area contributed by atoms with E-state index in [4.69, 9.17) is 15.0 Å². The fraction of sp³-hybridized carbons (Fsp3) is 0. The fourth-order valence-electron chi connectivity index (χ4n) is 8.34. The van der Waals surface area contributed by atoms with Crippen molar-refractivity contribution in [3.05, 3.63) is 218 Å². The number of para-hydroxylation sites is 2. The summed E-state index contributed by atoms with van der Waals surface area (Å²) in [6.45, 7) is 0. The number of aromatic nitrogens is 4. The second-order valence-electron chi connectivity index (χ2n) is 14.9. The van der Waals surface area contributed by atoms with E-state index in [0.717, 1.165) is 61.1 Å². The summed E-state index contributed by atoms with van der Waals surface area (Å²) >= 11 is 0. The van der Waals surface area contributed by atoms with Gasteiger partial charge >= 0.3 is 0 Å². The van der Waals surface area contributed by atoms with E-state index in [1.807, 2.05) is 18.2 Å². The van der Waals surface area contributed by atoms with E-state index in [-0.39, 0.29) is 0 Å². The molecule has 0 saturated carbocycles. The van der Waals surface area contributed by atoms with Crippen molar-refractivity contribution >= 4 is 32.6 Å². The molecule has 276 valence electrons. The van der Waals surface area contributed by atoms with Crippen molar-refractivity contribution in [3.8, 4) is 73.2 Å². The smallest absolute Gasteiger partial charge is 0.164 e. The van der Waals surface area contributed by atoms with Gasteiger partial charge in [-0.15, -0.1) is 0 Å². The van der Waals surface area contributed by atoms with Gasteiger partial charge in [-0.05, 0) is 81.1 Å². The first-order valence-corrected chi connectivity index (χ1v) is 19.9. The molecule has 0 atom stereocenters. The topological polar surface area (TPSA) is 43.6 Å². The Bertz CT molecular complexity index is 3200. The van der Waals surface area contributed by atoms with Crippen LogP contribution in [0.4, 0.5) is 0 Å². The molecule has 2 aromatic heterocycles. The van der Waals surface area contributed by atoms with Crippen molar-refractivity contribution in [1.29, 1.82) is 0 Å². The highest BCUT2D eigenvalue weighted by Crippen LogP contribution is 2.41. The van der Waals surface area contributed by atoms with Crippen molar-refractivity contribution in [1.82, 2.24) is 19.5 Å². The lowest BCUT2D eigenvalue weighted by molar-refractivity contribution is 1.07. The maximum absolute atomic E-state index is 5.23. The van der Waals surface area contributed by atoms with E-state index in [2.05, 4.69) is 205 Å². The third-order valence-electron chi connectivity index (χ3n) is 11.2. The second kappa shape index (κ2) is 14.5. The minimum Gasteiger partial charge on any atom is -0.309 e. The van der Waals surface area contributed by atoms with Gasteiger partial charge in [-0.3, -0.25) is 0 Å². The van der Waals surface area contributed by atoms with Gasteiger partial charge in [0.05, 0.1) is 16.7 Å². The zero-order valence-corrected chi connectivity index (χ0v) is 32.1. The Morgan fingerprint density at radius 2 is 0.712 bits per heavy atom. The first-order chi connectivity index (χ1) is 29.2. The van der Waals surface area contributed by atoms with Crippen LogP contribution < -0.4 is 0 Å². The van der Waals surface area contributed by atoms with Gasteiger partial charge in [-0.2, -0.15) is 0 Å². The van der Waals surface area contributed by atoms with Gasteiger partial charge in [0.15, 0.2) is 17.5 Å². The zero-order chi connectivity index (χ0) is 39.1. The van der Waals surface area contributed by atoms with Gasteiger partial charge in [0.25, 0.3) is 0 Å². The molecule has 2 heterocycles. The fourth-order valence-corrected chi connectivity index (χ4v) is 8.34. The van der Waals surface area contributed by atoms with Gasteiger partial charge < -0.3 is 4.57 Å². The number of hydrogen-bond donors (Lipinski definition) is 0. The molecular formula is C55H36N4.